The summed E-state index contributed by atoms with van der Waals surface area (Å²) in [5.74, 6) is 0.810. The lowest BCUT2D eigenvalue weighted by molar-refractivity contribution is 0.186. The highest BCUT2D eigenvalue weighted by Crippen LogP contribution is 2.25. The number of rotatable bonds is 5. The van der Waals surface area contributed by atoms with Crippen molar-refractivity contribution in [1.82, 2.24) is 4.90 Å². The molecule has 0 aliphatic rings. The normalized spacial score (nSPS) is 13.0. The van der Waals surface area contributed by atoms with Gasteiger partial charge in [-0.15, -0.1) is 0 Å². The highest BCUT2D eigenvalue weighted by molar-refractivity contribution is 4.73. The van der Waals surface area contributed by atoms with Crippen molar-refractivity contribution in [3.05, 3.63) is 0 Å². The third kappa shape index (κ3) is 5.59. The van der Waals surface area contributed by atoms with Crippen LogP contribution in [0, 0.1) is 11.3 Å². The fourth-order valence-corrected chi connectivity index (χ4v) is 2.01. The Morgan fingerprint density at radius 2 is 1.75 bits per heavy atom. The lowest BCUT2D eigenvalue weighted by Crippen LogP contribution is -2.32. The minimum absolute atomic E-state index is 0.471. The standard InChI is InChI=1S/C11H25N/c1-7-12(6)9-11(4,5)8-10(2)3/h10H,7-9H2,1-6H3. The number of nitrogens with zero attached hydrogens (tertiary/aromatic N) is 1. The summed E-state index contributed by atoms with van der Waals surface area (Å²) >= 11 is 0. The second-order valence-corrected chi connectivity index (χ2v) is 5.09. The SMILES string of the molecule is CCN(C)CC(C)(C)CC(C)C. The lowest BCUT2D eigenvalue weighted by Gasteiger charge is -2.31. The van der Waals surface area contributed by atoms with E-state index in [9.17, 15) is 0 Å². The van der Waals surface area contributed by atoms with Gasteiger partial charge >= 0.3 is 0 Å². The van der Waals surface area contributed by atoms with Gasteiger partial charge in [0.2, 0.25) is 0 Å². The second-order valence-electron chi connectivity index (χ2n) is 5.09. The van der Waals surface area contributed by atoms with Gasteiger partial charge < -0.3 is 4.90 Å². The molecule has 1 nitrogen and oxygen atoms in total. The summed E-state index contributed by atoms with van der Waals surface area (Å²) in [7, 11) is 2.20. The fourth-order valence-electron chi connectivity index (χ4n) is 2.01. The van der Waals surface area contributed by atoms with Gasteiger partial charge in [0.15, 0.2) is 0 Å². The van der Waals surface area contributed by atoms with Crippen molar-refractivity contribution in [1.29, 1.82) is 0 Å². The average Bonchev–Trinajstić information content (AvgIpc) is 1.83. The Morgan fingerprint density at radius 1 is 1.25 bits per heavy atom. The molecule has 0 saturated heterocycles. The molecule has 0 fully saturated rings. The van der Waals surface area contributed by atoms with E-state index in [1.807, 2.05) is 0 Å². The van der Waals surface area contributed by atoms with Crippen molar-refractivity contribution in [3.8, 4) is 0 Å². The topological polar surface area (TPSA) is 3.24 Å². The Labute approximate surface area is 78.1 Å². The molecular formula is C11H25N. The molecule has 0 aliphatic carbocycles. The summed E-state index contributed by atoms with van der Waals surface area (Å²) in [5, 5.41) is 0. The van der Waals surface area contributed by atoms with Crippen molar-refractivity contribution in [3.63, 3.8) is 0 Å². The summed E-state index contributed by atoms with van der Waals surface area (Å²) in [6.45, 7) is 13.9. The smallest absolute Gasteiger partial charge is 0.00296 e. The van der Waals surface area contributed by atoms with E-state index in [2.05, 4.69) is 46.6 Å². The average molecular weight is 171 g/mol. The molecular weight excluding hydrogens is 146 g/mol. The quantitative estimate of drug-likeness (QED) is 0.614. The van der Waals surface area contributed by atoms with Crippen molar-refractivity contribution < 1.29 is 0 Å². The van der Waals surface area contributed by atoms with Crippen molar-refractivity contribution >= 4 is 0 Å². The zero-order chi connectivity index (χ0) is 9.78. The van der Waals surface area contributed by atoms with Crippen molar-refractivity contribution in [2.75, 3.05) is 20.1 Å². The zero-order valence-corrected chi connectivity index (χ0v) is 9.65. The first kappa shape index (κ1) is 12.0. The first-order chi connectivity index (χ1) is 5.37. The number of hydrogen-bond acceptors (Lipinski definition) is 1. The molecule has 0 radical (unpaired) electrons. The zero-order valence-electron chi connectivity index (χ0n) is 9.65. The molecule has 0 heterocycles. The highest BCUT2D eigenvalue weighted by atomic mass is 15.1. The first-order valence-corrected chi connectivity index (χ1v) is 5.06. The molecule has 12 heavy (non-hydrogen) atoms. The maximum Gasteiger partial charge on any atom is 0.00296 e. The van der Waals surface area contributed by atoms with Gasteiger partial charge in [0.25, 0.3) is 0 Å². The first-order valence-electron chi connectivity index (χ1n) is 5.06. The predicted octanol–water partition coefficient (Wildman–Crippen LogP) is 3.01. The van der Waals surface area contributed by atoms with Crippen LogP contribution >= 0.6 is 0 Å². The van der Waals surface area contributed by atoms with E-state index >= 15 is 0 Å². The Bertz CT molecular complexity index is 116. The van der Waals surface area contributed by atoms with Gasteiger partial charge in [-0.1, -0.05) is 34.6 Å². The van der Waals surface area contributed by atoms with Gasteiger partial charge in [-0.2, -0.15) is 0 Å². The van der Waals surface area contributed by atoms with Crippen LogP contribution in [0.3, 0.4) is 0 Å². The van der Waals surface area contributed by atoms with Crippen LogP contribution in [0.2, 0.25) is 0 Å². The minimum Gasteiger partial charge on any atom is -0.306 e. The van der Waals surface area contributed by atoms with E-state index in [0.29, 0.717) is 5.41 Å². The van der Waals surface area contributed by atoms with Crippen LogP contribution in [-0.4, -0.2) is 25.0 Å². The molecule has 0 aromatic heterocycles. The molecule has 0 aliphatic heterocycles. The Morgan fingerprint density at radius 3 is 2.08 bits per heavy atom. The molecule has 1 heteroatoms. The summed E-state index contributed by atoms with van der Waals surface area (Å²) in [6.07, 6.45) is 1.32. The molecule has 0 atom stereocenters. The molecule has 0 saturated carbocycles. The van der Waals surface area contributed by atoms with Gasteiger partial charge in [0, 0.05) is 6.54 Å². The van der Waals surface area contributed by atoms with E-state index in [1.54, 1.807) is 0 Å². The Balaban J connectivity index is 3.85. The lowest BCUT2D eigenvalue weighted by atomic mass is 9.83. The second kappa shape index (κ2) is 4.86. The maximum absolute atomic E-state index is 2.39. The van der Waals surface area contributed by atoms with Gasteiger partial charge in [0.05, 0.1) is 0 Å². The third-order valence-electron chi connectivity index (χ3n) is 2.20. The van der Waals surface area contributed by atoms with Crippen LogP contribution in [-0.2, 0) is 0 Å². The fraction of sp³-hybridized carbons (Fsp3) is 1.00. The van der Waals surface area contributed by atoms with Gasteiger partial charge in [-0.25, -0.2) is 0 Å². The molecule has 74 valence electrons. The van der Waals surface area contributed by atoms with Crippen molar-refractivity contribution in [2.45, 2.75) is 41.0 Å². The molecule has 0 spiro atoms. The van der Waals surface area contributed by atoms with Gasteiger partial charge in [0.1, 0.15) is 0 Å². The Hall–Kier alpha value is -0.0400. The van der Waals surface area contributed by atoms with E-state index in [-0.39, 0.29) is 0 Å². The monoisotopic (exact) mass is 171 g/mol. The molecule has 0 aromatic carbocycles. The van der Waals surface area contributed by atoms with Crippen LogP contribution < -0.4 is 0 Å². The van der Waals surface area contributed by atoms with Crippen LogP contribution in [0.15, 0.2) is 0 Å². The molecule has 0 rings (SSSR count). The van der Waals surface area contributed by atoms with Crippen LogP contribution in [0.5, 0.6) is 0 Å². The van der Waals surface area contributed by atoms with Gasteiger partial charge in [-0.3, -0.25) is 0 Å². The third-order valence-corrected chi connectivity index (χ3v) is 2.20. The summed E-state index contributed by atoms with van der Waals surface area (Å²) < 4.78 is 0. The molecule has 0 amide bonds. The Kier molecular flexibility index (Phi) is 4.84. The van der Waals surface area contributed by atoms with Gasteiger partial charge in [-0.05, 0) is 31.3 Å². The molecule has 0 N–H and O–H groups in total. The number of hydrogen-bond donors (Lipinski definition) is 0. The molecule has 0 bridgehead atoms. The van der Waals surface area contributed by atoms with E-state index in [1.165, 1.54) is 13.0 Å². The summed E-state index contributed by atoms with van der Waals surface area (Å²) in [4.78, 5) is 2.39. The highest BCUT2D eigenvalue weighted by Gasteiger charge is 2.20. The summed E-state index contributed by atoms with van der Waals surface area (Å²) in [6, 6.07) is 0. The van der Waals surface area contributed by atoms with E-state index < -0.39 is 0 Å². The van der Waals surface area contributed by atoms with Crippen LogP contribution in [0.1, 0.15) is 41.0 Å². The van der Waals surface area contributed by atoms with E-state index in [4.69, 9.17) is 0 Å². The minimum atomic E-state index is 0.471. The van der Waals surface area contributed by atoms with Crippen LogP contribution in [0.25, 0.3) is 0 Å². The molecule has 0 unspecified atom stereocenters. The van der Waals surface area contributed by atoms with Crippen LogP contribution in [0.4, 0.5) is 0 Å². The molecule has 0 aromatic rings. The van der Waals surface area contributed by atoms with Crippen molar-refractivity contribution in [2.24, 2.45) is 11.3 Å². The summed E-state index contributed by atoms with van der Waals surface area (Å²) in [5.41, 5.74) is 0.471. The maximum atomic E-state index is 2.39. The van der Waals surface area contributed by atoms with E-state index in [0.717, 1.165) is 12.5 Å². The largest absolute Gasteiger partial charge is 0.306 e. The predicted molar refractivity (Wildman–Crippen MR) is 56.4 cm³/mol.